The minimum absolute atomic E-state index is 0.853. The molecule has 0 unspecified atom stereocenters. The van der Waals surface area contributed by atoms with Crippen molar-refractivity contribution in [3.8, 4) is 0 Å². The van der Waals surface area contributed by atoms with Crippen LogP contribution in [0, 0.1) is 6.92 Å². The molecule has 0 aromatic heterocycles. The highest BCUT2D eigenvalue weighted by Gasteiger charge is 1.93. The van der Waals surface area contributed by atoms with Gasteiger partial charge in [-0.3, -0.25) is 0 Å². The van der Waals surface area contributed by atoms with E-state index in [1.807, 2.05) is 12.2 Å². The quantitative estimate of drug-likeness (QED) is 0.693. The molecule has 1 aromatic carbocycles. The molecule has 1 aromatic rings. The molecular weight excluding hydrogens is 236 g/mol. The average Bonchev–Trinajstić information content (AvgIpc) is 2.15. The van der Waals surface area contributed by atoms with Crippen LogP contribution in [0.1, 0.15) is 11.1 Å². The Morgan fingerprint density at radius 3 is 2.21 bits per heavy atom. The molecule has 72 valence electrons. The smallest absolute Gasteiger partial charge is 0.0103 e. The van der Waals surface area contributed by atoms with Gasteiger partial charge >= 0.3 is 0 Å². The zero-order valence-electron chi connectivity index (χ0n) is 8.26. The molecule has 0 bridgehead atoms. The fourth-order valence-corrected chi connectivity index (χ4v) is 1.19. The summed E-state index contributed by atoms with van der Waals surface area (Å²) in [4.78, 5) is 0. The first kappa shape index (κ1) is 11.0. The lowest BCUT2D eigenvalue weighted by atomic mass is 10.1. The third kappa shape index (κ3) is 3.35. The van der Waals surface area contributed by atoms with E-state index in [2.05, 4.69) is 60.3 Å². The highest BCUT2D eigenvalue weighted by molar-refractivity contribution is 9.11. The highest BCUT2D eigenvalue weighted by Crippen LogP contribution is 2.15. The Hall–Kier alpha value is -1.08. The van der Waals surface area contributed by atoms with Gasteiger partial charge in [-0.15, -0.1) is 0 Å². The van der Waals surface area contributed by atoms with Crippen LogP contribution in [-0.4, -0.2) is 0 Å². The number of benzene rings is 1. The maximum absolute atomic E-state index is 3.98. The molecule has 0 saturated heterocycles. The van der Waals surface area contributed by atoms with Crippen molar-refractivity contribution in [1.29, 1.82) is 0 Å². The standard InChI is InChI=1S/C13H13Br/c1-10-4-8-13(9-5-10)11(2)6-7-12(3)14/h4-9H,2-3H2,1H3/b7-6-. The molecule has 0 aliphatic heterocycles. The maximum Gasteiger partial charge on any atom is 0.0103 e. The van der Waals surface area contributed by atoms with E-state index in [9.17, 15) is 0 Å². The fraction of sp³-hybridized carbons (Fsp3) is 0.0769. The molecule has 1 heteroatoms. The molecule has 0 aliphatic rings. The number of aryl methyl sites for hydroxylation is 1. The number of rotatable bonds is 3. The first-order valence-corrected chi connectivity index (χ1v) is 5.17. The SMILES string of the molecule is C=C(Br)/C=C\C(=C)c1ccc(C)cc1. The molecule has 0 aliphatic carbocycles. The van der Waals surface area contributed by atoms with Crippen LogP contribution in [0.2, 0.25) is 0 Å². The molecule has 1 rings (SSSR count). The van der Waals surface area contributed by atoms with Crippen molar-refractivity contribution in [3.63, 3.8) is 0 Å². The van der Waals surface area contributed by atoms with E-state index < -0.39 is 0 Å². The third-order valence-corrected chi connectivity index (χ3v) is 2.15. The number of halogens is 1. The summed E-state index contributed by atoms with van der Waals surface area (Å²) in [6.07, 6.45) is 3.84. The summed E-state index contributed by atoms with van der Waals surface area (Å²) in [7, 11) is 0. The fourth-order valence-electron chi connectivity index (χ4n) is 1.05. The number of hydrogen-bond donors (Lipinski definition) is 0. The summed E-state index contributed by atoms with van der Waals surface area (Å²) >= 11 is 3.26. The normalized spacial score (nSPS) is 10.4. The molecule has 0 heterocycles. The van der Waals surface area contributed by atoms with Gasteiger partial charge in [-0.25, -0.2) is 0 Å². The summed E-state index contributed by atoms with van der Waals surface area (Å²) in [5.41, 5.74) is 3.39. The molecule has 14 heavy (non-hydrogen) atoms. The van der Waals surface area contributed by atoms with Crippen molar-refractivity contribution in [2.24, 2.45) is 0 Å². The largest absolute Gasteiger partial charge is 0.0912 e. The van der Waals surface area contributed by atoms with Gasteiger partial charge in [0, 0.05) is 4.48 Å². The van der Waals surface area contributed by atoms with Gasteiger partial charge < -0.3 is 0 Å². The Labute approximate surface area is 93.8 Å². The Kier molecular flexibility index (Phi) is 3.90. The molecule has 0 fully saturated rings. The zero-order valence-corrected chi connectivity index (χ0v) is 9.84. The average molecular weight is 249 g/mol. The molecule has 0 saturated carbocycles. The topological polar surface area (TPSA) is 0 Å². The first-order valence-electron chi connectivity index (χ1n) is 4.38. The molecule has 0 radical (unpaired) electrons. The third-order valence-electron chi connectivity index (χ3n) is 1.89. The van der Waals surface area contributed by atoms with E-state index in [4.69, 9.17) is 0 Å². The van der Waals surface area contributed by atoms with Crippen LogP contribution in [0.5, 0.6) is 0 Å². The lowest BCUT2D eigenvalue weighted by Crippen LogP contribution is -1.79. The van der Waals surface area contributed by atoms with Gasteiger partial charge in [0.25, 0.3) is 0 Å². The second kappa shape index (κ2) is 4.97. The summed E-state index contributed by atoms with van der Waals surface area (Å²) in [5.74, 6) is 0. The van der Waals surface area contributed by atoms with Crippen LogP contribution in [0.25, 0.3) is 5.57 Å². The predicted molar refractivity (Wildman–Crippen MR) is 67.4 cm³/mol. The van der Waals surface area contributed by atoms with Gasteiger partial charge in [0.15, 0.2) is 0 Å². The van der Waals surface area contributed by atoms with E-state index in [1.54, 1.807) is 0 Å². The van der Waals surface area contributed by atoms with Crippen molar-refractivity contribution in [3.05, 3.63) is 65.2 Å². The Morgan fingerprint density at radius 1 is 1.14 bits per heavy atom. The Balaban J connectivity index is 2.80. The van der Waals surface area contributed by atoms with Crippen molar-refractivity contribution in [2.75, 3.05) is 0 Å². The second-order valence-corrected chi connectivity index (χ2v) is 4.19. The summed E-state index contributed by atoms with van der Waals surface area (Å²) in [5, 5.41) is 0. The van der Waals surface area contributed by atoms with Crippen molar-refractivity contribution in [2.45, 2.75) is 6.92 Å². The Morgan fingerprint density at radius 2 is 1.71 bits per heavy atom. The molecule has 0 atom stereocenters. The minimum Gasteiger partial charge on any atom is -0.0912 e. The van der Waals surface area contributed by atoms with Crippen LogP contribution in [0.4, 0.5) is 0 Å². The van der Waals surface area contributed by atoms with Gasteiger partial charge in [-0.2, -0.15) is 0 Å². The Bertz CT molecular complexity index is 369. The van der Waals surface area contributed by atoms with Gasteiger partial charge in [0.05, 0.1) is 0 Å². The van der Waals surface area contributed by atoms with Crippen molar-refractivity contribution < 1.29 is 0 Å². The van der Waals surface area contributed by atoms with E-state index >= 15 is 0 Å². The number of allylic oxidation sites excluding steroid dienone is 4. The molecular formula is C13H13Br. The van der Waals surface area contributed by atoms with E-state index in [0.717, 1.165) is 15.6 Å². The predicted octanol–water partition coefficient (Wildman–Crippen LogP) is 4.47. The van der Waals surface area contributed by atoms with Crippen LogP contribution in [0.3, 0.4) is 0 Å². The van der Waals surface area contributed by atoms with Crippen LogP contribution in [-0.2, 0) is 0 Å². The molecule has 0 spiro atoms. The van der Waals surface area contributed by atoms with Gasteiger partial charge in [0.2, 0.25) is 0 Å². The lowest BCUT2D eigenvalue weighted by Gasteiger charge is -2.00. The second-order valence-electron chi connectivity index (χ2n) is 3.17. The van der Waals surface area contributed by atoms with E-state index in [-0.39, 0.29) is 0 Å². The van der Waals surface area contributed by atoms with Gasteiger partial charge in [-0.1, -0.05) is 65.0 Å². The van der Waals surface area contributed by atoms with Crippen molar-refractivity contribution >= 4 is 21.5 Å². The molecule has 0 N–H and O–H groups in total. The maximum atomic E-state index is 3.98. The monoisotopic (exact) mass is 248 g/mol. The van der Waals surface area contributed by atoms with Crippen molar-refractivity contribution in [1.82, 2.24) is 0 Å². The summed E-state index contributed by atoms with van der Waals surface area (Å²) in [6.45, 7) is 9.77. The van der Waals surface area contributed by atoms with Gasteiger partial charge in [0.1, 0.15) is 0 Å². The minimum atomic E-state index is 0.853. The van der Waals surface area contributed by atoms with E-state index in [1.165, 1.54) is 5.56 Å². The first-order chi connectivity index (χ1) is 6.59. The van der Waals surface area contributed by atoms with E-state index in [0.29, 0.717) is 0 Å². The van der Waals surface area contributed by atoms with Gasteiger partial charge in [-0.05, 0) is 24.1 Å². The molecule has 0 nitrogen and oxygen atoms in total. The summed E-state index contributed by atoms with van der Waals surface area (Å²) in [6, 6.07) is 8.30. The van der Waals surface area contributed by atoms with Crippen LogP contribution < -0.4 is 0 Å². The summed E-state index contributed by atoms with van der Waals surface area (Å²) < 4.78 is 0.853. The highest BCUT2D eigenvalue weighted by atomic mass is 79.9. The van der Waals surface area contributed by atoms with Crippen LogP contribution in [0.15, 0.2) is 54.1 Å². The zero-order chi connectivity index (χ0) is 10.6. The van der Waals surface area contributed by atoms with Crippen LogP contribution >= 0.6 is 15.9 Å². The molecule has 0 amide bonds. The lowest BCUT2D eigenvalue weighted by molar-refractivity contribution is 1.46. The number of hydrogen-bond acceptors (Lipinski definition) is 0.